The van der Waals surface area contributed by atoms with Crippen LogP contribution in [-0.4, -0.2) is 19.1 Å². The van der Waals surface area contributed by atoms with E-state index in [-0.39, 0.29) is 5.91 Å². The lowest BCUT2D eigenvalue weighted by atomic mass is 10.2. The van der Waals surface area contributed by atoms with Crippen molar-refractivity contribution in [1.82, 2.24) is 0 Å². The van der Waals surface area contributed by atoms with Crippen molar-refractivity contribution in [3.63, 3.8) is 0 Å². The zero-order valence-electron chi connectivity index (χ0n) is 9.76. The quantitative estimate of drug-likeness (QED) is 0.844. The highest BCUT2D eigenvalue weighted by Gasteiger charge is 2.06. The molecule has 1 aromatic heterocycles. The topological polar surface area (TPSA) is 77.5 Å². The molecule has 0 radical (unpaired) electrons. The van der Waals surface area contributed by atoms with Gasteiger partial charge in [0.1, 0.15) is 18.6 Å². The Labute approximate surface area is 105 Å². The van der Waals surface area contributed by atoms with Crippen LogP contribution in [0, 0.1) is 0 Å². The van der Waals surface area contributed by atoms with Crippen LogP contribution < -0.4 is 15.8 Å². The number of carbonyl (C=O) groups is 1. The van der Waals surface area contributed by atoms with Crippen LogP contribution in [0.2, 0.25) is 0 Å². The van der Waals surface area contributed by atoms with Crippen molar-refractivity contribution in [3.8, 4) is 5.75 Å². The summed E-state index contributed by atoms with van der Waals surface area (Å²) in [6, 6.07) is 8.70. The number of nitrogens with one attached hydrogen (secondary N) is 1. The molecule has 94 valence electrons. The zero-order chi connectivity index (χ0) is 12.8. The number of anilines is 1. The molecule has 1 aromatic carbocycles. The lowest BCUT2D eigenvalue weighted by molar-refractivity contribution is 0.102. The maximum absolute atomic E-state index is 11.7. The maximum atomic E-state index is 11.7. The largest absolute Gasteiger partial charge is 0.492 e. The Morgan fingerprint density at radius 1 is 1.28 bits per heavy atom. The highest BCUT2D eigenvalue weighted by Crippen LogP contribution is 2.16. The second-order valence-electron chi connectivity index (χ2n) is 3.63. The normalized spacial score (nSPS) is 10.1. The summed E-state index contributed by atoms with van der Waals surface area (Å²) in [4.78, 5) is 11.7. The molecule has 3 N–H and O–H groups in total. The van der Waals surface area contributed by atoms with Crippen molar-refractivity contribution < 1.29 is 13.9 Å². The van der Waals surface area contributed by atoms with Gasteiger partial charge in [-0.05, 0) is 30.3 Å². The molecule has 0 aliphatic rings. The Balaban J connectivity index is 1.96. The number of nitrogens with two attached hydrogens (primary N) is 1. The van der Waals surface area contributed by atoms with Gasteiger partial charge in [0.25, 0.3) is 5.91 Å². The van der Waals surface area contributed by atoms with Crippen molar-refractivity contribution in [2.75, 3.05) is 18.5 Å². The molecule has 18 heavy (non-hydrogen) atoms. The van der Waals surface area contributed by atoms with E-state index in [1.54, 1.807) is 30.3 Å². The summed E-state index contributed by atoms with van der Waals surface area (Å²) in [6.45, 7) is 0.944. The Bertz CT molecular complexity index is 491. The van der Waals surface area contributed by atoms with Crippen molar-refractivity contribution in [2.24, 2.45) is 5.73 Å². The summed E-state index contributed by atoms with van der Waals surface area (Å²) < 4.78 is 10.2. The average molecular weight is 246 g/mol. The second kappa shape index (κ2) is 5.88. The summed E-state index contributed by atoms with van der Waals surface area (Å²) in [5, 5.41) is 2.75. The van der Waals surface area contributed by atoms with Crippen LogP contribution in [0.4, 0.5) is 5.69 Å². The molecular weight excluding hydrogens is 232 g/mol. The molecule has 0 unspecified atom stereocenters. The molecule has 5 heteroatoms. The van der Waals surface area contributed by atoms with E-state index in [1.807, 2.05) is 0 Å². The van der Waals surface area contributed by atoms with Crippen LogP contribution in [0.3, 0.4) is 0 Å². The molecule has 0 bridgehead atoms. The van der Waals surface area contributed by atoms with Crippen LogP contribution in [-0.2, 0) is 0 Å². The molecule has 0 saturated heterocycles. The number of hydrogen-bond acceptors (Lipinski definition) is 4. The van der Waals surface area contributed by atoms with Crippen LogP contribution in [0.15, 0.2) is 47.3 Å². The SMILES string of the molecule is NCCOc1ccc(NC(=O)c2ccoc2)cc1. The molecule has 0 spiro atoms. The van der Waals surface area contributed by atoms with Crippen molar-refractivity contribution in [3.05, 3.63) is 48.4 Å². The predicted molar refractivity (Wildman–Crippen MR) is 67.7 cm³/mol. The number of rotatable bonds is 5. The van der Waals surface area contributed by atoms with E-state index >= 15 is 0 Å². The minimum absolute atomic E-state index is 0.209. The van der Waals surface area contributed by atoms with Gasteiger partial charge in [0.15, 0.2) is 0 Å². The average Bonchev–Trinajstić information content (AvgIpc) is 2.92. The van der Waals surface area contributed by atoms with E-state index in [9.17, 15) is 4.79 Å². The van der Waals surface area contributed by atoms with Crippen molar-refractivity contribution >= 4 is 11.6 Å². The molecular formula is C13H14N2O3. The van der Waals surface area contributed by atoms with E-state index in [1.165, 1.54) is 12.5 Å². The predicted octanol–water partition coefficient (Wildman–Crippen LogP) is 1.87. The van der Waals surface area contributed by atoms with Gasteiger partial charge in [-0.15, -0.1) is 0 Å². The standard InChI is InChI=1S/C13H14N2O3/c14-6-8-18-12-3-1-11(2-4-12)15-13(16)10-5-7-17-9-10/h1-5,7,9H,6,8,14H2,(H,15,16). The summed E-state index contributed by atoms with van der Waals surface area (Å²) in [5.41, 5.74) is 6.52. The molecule has 0 saturated carbocycles. The number of furan rings is 1. The summed E-state index contributed by atoms with van der Waals surface area (Å²) in [6.07, 6.45) is 2.85. The highest BCUT2D eigenvalue weighted by molar-refractivity contribution is 6.03. The van der Waals surface area contributed by atoms with E-state index < -0.39 is 0 Å². The Morgan fingerprint density at radius 2 is 2.06 bits per heavy atom. The van der Waals surface area contributed by atoms with Gasteiger partial charge in [0, 0.05) is 12.2 Å². The number of benzene rings is 1. The lowest BCUT2D eigenvalue weighted by Gasteiger charge is -2.06. The van der Waals surface area contributed by atoms with E-state index in [2.05, 4.69) is 5.32 Å². The zero-order valence-corrected chi connectivity index (χ0v) is 9.76. The Hall–Kier alpha value is -2.27. The first-order valence-electron chi connectivity index (χ1n) is 5.56. The molecule has 0 aliphatic carbocycles. The van der Waals surface area contributed by atoms with Crippen molar-refractivity contribution in [1.29, 1.82) is 0 Å². The third kappa shape index (κ3) is 3.11. The fraction of sp³-hybridized carbons (Fsp3) is 0.154. The number of carbonyl (C=O) groups excluding carboxylic acids is 1. The third-order valence-corrected chi connectivity index (χ3v) is 2.28. The van der Waals surface area contributed by atoms with Crippen LogP contribution in [0.5, 0.6) is 5.75 Å². The first-order valence-corrected chi connectivity index (χ1v) is 5.56. The van der Waals surface area contributed by atoms with E-state index in [0.29, 0.717) is 24.4 Å². The van der Waals surface area contributed by atoms with Gasteiger partial charge >= 0.3 is 0 Å². The van der Waals surface area contributed by atoms with Gasteiger partial charge in [-0.1, -0.05) is 0 Å². The molecule has 0 aliphatic heterocycles. The molecule has 1 amide bonds. The number of ether oxygens (including phenoxy) is 1. The Morgan fingerprint density at radius 3 is 2.67 bits per heavy atom. The van der Waals surface area contributed by atoms with E-state index in [0.717, 1.165) is 5.75 Å². The van der Waals surface area contributed by atoms with Gasteiger partial charge in [0.05, 0.1) is 11.8 Å². The molecule has 2 aromatic rings. The first-order chi connectivity index (χ1) is 8.79. The summed E-state index contributed by atoms with van der Waals surface area (Å²) in [5.74, 6) is 0.515. The number of amides is 1. The molecule has 0 atom stereocenters. The smallest absolute Gasteiger partial charge is 0.258 e. The fourth-order valence-electron chi connectivity index (χ4n) is 1.41. The molecule has 1 heterocycles. The number of hydrogen-bond donors (Lipinski definition) is 2. The van der Waals surface area contributed by atoms with E-state index in [4.69, 9.17) is 14.9 Å². The minimum Gasteiger partial charge on any atom is -0.492 e. The van der Waals surface area contributed by atoms with Gasteiger partial charge in [-0.2, -0.15) is 0 Å². The highest BCUT2D eigenvalue weighted by atomic mass is 16.5. The van der Waals surface area contributed by atoms with Crippen molar-refractivity contribution in [2.45, 2.75) is 0 Å². The molecule has 0 fully saturated rings. The maximum Gasteiger partial charge on any atom is 0.258 e. The monoisotopic (exact) mass is 246 g/mol. The summed E-state index contributed by atoms with van der Waals surface area (Å²) in [7, 11) is 0. The first kappa shape index (κ1) is 12.2. The van der Waals surface area contributed by atoms with Gasteiger partial charge < -0.3 is 20.2 Å². The second-order valence-corrected chi connectivity index (χ2v) is 3.63. The minimum atomic E-state index is -0.209. The third-order valence-electron chi connectivity index (χ3n) is 2.28. The van der Waals surface area contributed by atoms with Crippen LogP contribution in [0.25, 0.3) is 0 Å². The van der Waals surface area contributed by atoms with Gasteiger partial charge in [-0.25, -0.2) is 0 Å². The lowest BCUT2D eigenvalue weighted by Crippen LogP contribution is -2.11. The molecule has 5 nitrogen and oxygen atoms in total. The fourth-order valence-corrected chi connectivity index (χ4v) is 1.41. The summed E-state index contributed by atoms with van der Waals surface area (Å²) >= 11 is 0. The molecule has 2 rings (SSSR count). The van der Waals surface area contributed by atoms with Gasteiger partial charge in [0.2, 0.25) is 0 Å². The van der Waals surface area contributed by atoms with Crippen LogP contribution in [0.1, 0.15) is 10.4 Å². The Kier molecular flexibility index (Phi) is 3.98. The van der Waals surface area contributed by atoms with Gasteiger partial charge in [-0.3, -0.25) is 4.79 Å². The van der Waals surface area contributed by atoms with Crippen LogP contribution >= 0.6 is 0 Å².